The first-order chi connectivity index (χ1) is 26.4. The van der Waals surface area contributed by atoms with Gasteiger partial charge in [0.25, 0.3) is 0 Å². The minimum absolute atomic E-state index is 0.0766. The highest BCUT2D eigenvalue weighted by molar-refractivity contribution is 6.08. The zero-order valence-corrected chi connectivity index (χ0v) is 29.2. The number of benzene rings is 4. The van der Waals surface area contributed by atoms with Gasteiger partial charge in [-0.3, -0.25) is 24.5 Å². The molecule has 1 saturated carbocycles. The first-order valence-corrected chi connectivity index (χ1v) is 18.1. The fourth-order valence-corrected chi connectivity index (χ4v) is 8.76. The van der Waals surface area contributed by atoms with Crippen LogP contribution >= 0.6 is 0 Å². The van der Waals surface area contributed by atoms with E-state index in [1.165, 1.54) is 4.90 Å². The van der Waals surface area contributed by atoms with E-state index in [4.69, 9.17) is 9.72 Å². The molecule has 2 fully saturated rings. The summed E-state index contributed by atoms with van der Waals surface area (Å²) in [6.07, 6.45) is 5.37. The zero-order valence-electron chi connectivity index (χ0n) is 29.2. The van der Waals surface area contributed by atoms with E-state index in [1.54, 1.807) is 36.7 Å². The van der Waals surface area contributed by atoms with Gasteiger partial charge in [-0.2, -0.15) is 0 Å². The molecule has 4 aromatic carbocycles. The molecule has 0 spiro atoms. The van der Waals surface area contributed by atoms with E-state index in [0.717, 1.165) is 27.5 Å². The van der Waals surface area contributed by atoms with Crippen LogP contribution in [0.15, 0.2) is 169 Å². The fourth-order valence-electron chi connectivity index (χ4n) is 8.76. The van der Waals surface area contributed by atoms with E-state index in [1.807, 2.05) is 121 Å². The maximum atomic E-state index is 14.7. The van der Waals surface area contributed by atoms with Gasteiger partial charge in [0.2, 0.25) is 11.8 Å². The van der Waals surface area contributed by atoms with Crippen molar-refractivity contribution < 1.29 is 24.2 Å². The maximum absolute atomic E-state index is 14.7. The molecule has 2 bridgehead atoms. The number of pyridine rings is 2. The number of ether oxygens (including phenoxy) is 1. The van der Waals surface area contributed by atoms with Crippen molar-refractivity contribution in [1.82, 2.24) is 14.9 Å². The molecule has 54 heavy (non-hydrogen) atoms. The number of allylic oxidation sites excluding steroid dienone is 2. The summed E-state index contributed by atoms with van der Waals surface area (Å²) in [7, 11) is 0. The minimum Gasteiger partial charge on any atom is -0.460 e. The van der Waals surface area contributed by atoms with E-state index in [-0.39, 0.29) is 25.0 Å². The molecule has 2 amide bonds. The highest BCUT2D eigenvalue weighted by Crippen LogP contribution is 2.64. The zero-order chi connectivity index (χ0) is 36.8. The van der Waals surface area contributed by atoms with Crippen molar-refractivity contribution in [3.05, 3.63) is 197 Å². The van der Waals surface area contributed by atoms with Crippen LogP contribution in [0.1, 0.15) is 32.9 Å². The van der Waals surface area contributed by atoms with Crippen molar-refractivity contribution >= 4 is 34.1 Å². The Bertz CT molecular complexity index is 2390. The normalized spacial score (nSPS) is 22.2. The molecular formula is C46H35N3O5. The number of rotatable bonds is 9. The predicted octanol–water partition coefficient (Wildman–Crippen LogP) is 7.01. The molecule has 9 rings (SSSR count). The summed E-state index contributed by atoms with van der Waals surface area (Å²) in [5, 5.41) is 15.0. The van der Waals surface area contributed by atoms with Gasteiger partial charge < -0.3 is 9.84 Å². The number of carbonyl (C=O) groups excluding carboxylic acids is 3. The van der Waals surface area contributed by atoms with Crippen LogP contribution in [0.5, 0.6) is 0 Å². The van der Waals surface area contributed by atoms with Crippen LogP contribution in [0, 0.1) is 23.7 Å². The van der Waals surface area contributed by atoms with Gasteiger partial charge in [0, 0.05) is 29.8 Å². The standard InChI is InChI=1S/C46H35N3O5/c50-43-40-34-28-35(46(53,33-17-5-2-6-18-33)37-20-10-12-24-48-37)41(39(34)38(30-14-3-1-4-15-30)36-19-9-11-23-47-36)42(40)44(51)49(43)25-26-54-45(52)32-22-21-29-13-7-8-16-31(29)27-32/h1-24,27-28,34,40-42,53H,25-26H2/t34-,40-,41+,42-,46?/m0/s1. The van der Waals surface area contributed by atoms with Crippen LogP contribution in [0.25, 0.3) is 16.3 Å². The van der Waals surface area contributed by atoms with Crippen LogP contribution in [0.3, 0.4) is 0 Å². The molecule has 2 aliphatic carbocycles. The monoisotopic (exact) mass is 709 g/mol. The van der Waals surface area contributed by atoms with Crippen molar-refractivity contribution in [2.45, 2.75) is 5.60 Å². The van der Waals surface area contributed by atoms with E-state index in [0.29, 0.717) is 28.1 Å². The van der Waals surface area contributed by atoms with Gasteiger partial charge in [-0.05, 0) is 69.4 Å². The summed E-state index contributed by atoms with van der Waals surface area (Å²) >= 11 is 0. The lowest BCUT2D eigenvalue weighted by molar-refractivity contribution is -0.141. The molecule has 1 unspecified atom stereocenters. The van der Waals surface area contributed by atoms with Gasteiger partial charge in [0.15, 0.2) is 5.60 Å². The van der Waals surface area contributed by atoms with Gasteiger partial charge in [-0.25, -0.2) is 4.79 Å². The Kier molecular flexibility index (Phi) is 8.32. The third-order valence-corrected chi connectivity index (χ3v) is 11.1. The second kappa shape index (κ2) is 13.5. The summed E-state index contributed by atoms with van der Waals surface area (Å²) in [5.74, 6) is -3.88. The number of hydrogen-bond donors (Lipinski definition) is 1. The SMILES string of the molecule is O=C(OCCN1C(=O)[C@@H]2[C@@H]3C(C(O)(c4ccccc4)c4ccccn4)=C[C@@H](C3=C(c3ccccc3)c3ccccn3)[C@@H]2C1=O)c1ccc2ccccc2c1. The van der Waals surface area contributed by atoms with Gasteiger partial charge in [0.1, 0.15) is 6.61 Å². The Morgan fingerprint density at radius 1 is 0.704 bits per heavy atom. The van der Waals surface area contributed by atoms with Crippen LogP contribution in [0.4, 0.5) is 0 Å². The summed E-state index contributed by atoms with van der Waals surface area (Å²) in [6, 6.07) is 43.4. The minimum atomic E-state index is -1.71. The number of fused-ring (bicyclic) bond motifs is 6. The molecular weight excluding hydrogens is 675 g/mol. The summed E-state index contributed by atoms with van der Waals surface area (Å²) < 4.78 is 5.63. The number of aliphatic hydroxyl groups is 1. The van der Waals surface area contributed by atoms with Crippen molar-refractivity contribution in [3.8, 4) is 0 Å². The van der Waals surface area contributed by atoms with Crippen LogP contribution < -0.4 is 0 Å². The molecule has 3 heterocycles. The Morgan fingerprint density at radius 2 is 1.37 bits per heavy atom. The smallest absolute Gasteiger partial charge is 0.338 e. The number of likely N-dealkylation sites (tertiary alicyclic amines) is 1. The third-order valence-electron chi connectivity index (χ3n) is 11.1. The number of esters is 1. The summed E-state index contributed by atoms with van der Waals surface area (Å²) in [5.41, 5.74) is 3.62. The highest BCUT2D eigenvalue weighted by atomic mass is 16.5. The molecule has 1 aliphatic heterocycles. The van der Waals surface area contributed by atoms with E-state index < -0.39 is 35.2 Å². The molecule has 2 aromatic heterocycles. The second-order valence-electron chi connectivity index (χ2n) is 13.9. The van der Waals surface area contributed by atoms with Crippen molar-refractivity contribution in [2.75, 3.05) is 13.2 Å². The molecule has 8 heteroatoms. The lowest BCUT2D eigenvalue weighted by Crippen LogP contribution is -2.39. The third kappa shape index (κ3) is 5.37. The first-order valence-electron chi connectivity index (χ1n) is 18.1. The number of imide groups is 1. The number of hydrogen-bond acceptors (Lipinski definition) is 7. The molecule has 8 nitrogen and oxygen atoms in total. The quantitative estimate of drug-likeness (QED) is 0.0978. The first kappa shape index (κ1) is 33.3. The molecule has 6 aromatic rings. The van der Waals surface area contributed by atoms with Gasteiger partial charge in [-0.15, -0.1) is 0 Å². The maximum Gasteiger partial charge on any atom is 0.338 e. The van der Waals surface area contributed by atoms with E-state index in [2.05, 4.69) is 4.98 Å². The summed E-state index contributed by atoms with van der Waals surface area (Å²) in [6.45, 7) is -0.223. The predicted molar refractivity (Wildman–Crippen MR) is 203 cm³/mol. The molecule has 1 saturated heterocycles. The number of aromatic nitrogens is 2. The number of carbonyl (C=O) groups is 3. The number of amides is 2. The Labute approximate surface area is 312 Å². The highest BCUT2D eigenvalue weighted by Gasteiger charge is 2.66. The average molecular weight is 710 g/mol. The van der Waals surface area contributed by atoms with Gasteiger partial charge >= 0.3 is 5.97 Å². The van der Waals surface area contributed by atoms with Crippen LogP contribution in [-0.2, 0) is 19.9 Å². The molecule has 264 valence electrons. The molecule has 3 aliphatic rings. The van der Waals surface area contributed by atoms with Crippen molar-refractivity contribution in [1.29, 1.82) is 0 Å². The van der Waals surface area contributed by atoms with E-state index >= 15 is 0 Å². The van der Waals surface area contributed by atoms with Crippen molar-refractivity contribution in [2.24, 2.45) is 23.7 Å². The lowest BCUT2D eigenvalue weighted by atomic mass is 9.71. The topological polar surface area (TPSA) is 110 Å². The Balaban J connectivity index is 1.11. The van der Waals surface area contributed by atoms with E-state index in [9.17, 15) is 19.5 Å². The molecule has 1 N–H and O–H groups in total. The molecule has 0 radical (unpaired) electrons. The average Bonchev–Trinajstić information content (AvgIpc) is 3.84. The van der Waals surface area contributed by atoms with Gasteiger partial charge in [-0.1, -0.05) is 109 Å². The lowest BCUT2D eigenvalue weighted by Gasteiger charge is -2.36. The number of nitrogens with zero attached hydrogens (tertiary/aromatic N) is 3. The largest absolute Gasteiger partial charge is 0.460 e. The van der Waals surface area contributed by atoms with Crippen LogP contribution in [0.2, 0.25) is 0 Å². The fraction of sp³-hybridized carbons (Fsp3) is 0.152. The molecule has 5 atom stereocenters. The summed E-state index contributed by atoms with van der Waals surface area (Å²) in [4.78, 5) is 52.8. The van der Waals surface area contributed by atoms with Crippen molar-refractivity contribution in [3.63, 3.8) is 0 Å². The van der Waals surface area contributed by atoms with Gasteiger partial charge in [0.05, 0.1) is 35.3 Å². The Morgan fingerprint density at radius 3 is 2.09 bits per heavy atom. The second-order valence-corrected chi connectivity index (χ2v) is 13.9. The Hall–Kier alpha value is -6.51. The van der Waals surface area contributed by atoms with Crippen LogP contribution in [-0.4, -0.2) is 50.9 Å².